The smallest absolute Gasteiger partial charge is 0.219 e. The number of rotatable bonds is 6. The number of ether oxygens (including phenoxy) is 1. The van der Waals surface area contributed by atoms with Crippen LogP contribution in [0.4, 0.5) is 0 Å². The Morgan fingerprint density at radius 2 is 1.95 bits per heavy atom. The fourth-order valence-electron chi connectivity index (χ4n) is 1.61. The van der Waals surface area contributed by atoms with Crippen LogP contribution >= 0.6 is 15.9 Å². The van der Waals surface area contributed by atoms with Crippen molar-refractivity contribution in [2.24, 2.45) is 0 Å². The van der Waals surface area contributed by atoms with Crippen molar-refractivity contribution in [2.45, 2.75) is 19.9 Å². The summed E-state index contributed by atoms with van der Waals surface area (Å²) in [6.07, 6.45) is 2.98. The maximum Gasteiger partial charge on any atom is 0.219 e. The van der Waals surface area contributed by atoms with Crippen molar-refractivity contribution in [2.75, 3.05) is 6.54 Å². The van der Waals surface area contributed by atoms with E-state index in [4.69, 9.17) is 4.74 Å². The Hall–Kier alpha value is -1.39. The Morgan fingerprint density at radius 1 is 1.16 bits per heavy atom. The van der Waals surface area contributed by atoms with E-state index in [0.29, 0.717) is 5.88 Å². The predicted molar refractivity (Wildman–Crippen MR) is 80.5 cm³/mol. The Kier molecular flexibility index (Phi) is 5.36. The lowest BCUT2D eigenvalue weighted by Crippen LogP contribution is -2.13. The molecule has 0 bridgehead atoms. The van der Waals surface area contributed by atoms with Crippen LogP contribution in [0.2, 0.25) is 0 Å². The molecule has 4 heteroatoms. The van der Waals surface area contributed by atoms with Gasteiger partial charge in [0, 0.05) is 23.3 Å². The second kappa shape index (κ2) is 7.26. The van der Waals surface area contributed by atoms with E-state index < -0.39 is 0 Å². The van der Waals surface area contributed by atoms with E-state index in [1.54, 1.807) is 0 Å². The molecular weight excluding hydrogens is 304 g/mol. The van der Waals surface area contributed by atoms with Crippen LogP contribution in [-0.2, 0) is 6.54 Å². The minimum absolute atomic E-state index is 0.613. The third-order valence-corrected chi connectivity index (χ3v) is 3.12. The zero-order valence-corrected chi connectivity index (χ0v) is 12.5. The maximum atomic E-state index is 5.66. The van der Waals surface area contributed by atoms with Gasteiger partial charge >= 0.3 is 0 Å². The lowest BCUT2D eigenvalue weighted by atomic mass is 10.3. The summed E-state index contributed by atoms with van der Waals surface area (Å²) in [5.41, 5.74) is 1.16. The highest BCUT2D eigenvalue weighted by atomic mass is 79.9. The molecule has 0 saturated carbocycles. The number of pyridine rings is 1. The molecule has 0 aliphatic rings. The zero-order chi connectivity index (χ0) is 13.5. The number of halogens is 1. The number of hydrogen-bond acceptors (Lipinski definition) is 3. The largest absolute Gasteiger partial charge is 0.439 e. The number of benzene rings is 1. The molecule has 1 N–H and O–H groups in total. The van der Waals surface area contributed by atoms with Crippen molar-refractivity contribution < 1.29 is 4.74 Å². The molecule has 3 nitrogen and oxygen atoms in total. The van der Waals surface area contributed by atoms with Crippen LogP contribution in [0.1, 0.15) is 18.9 Å². The lowest BCUT2D eigenvalue weighted by molar-refractivity contribution is 0.462. The van der Waals surface area contributed by atoms with Gasteiger partial charge in [-0.05, 0) is 42.8 Å². The average Bonchev–Trinajstić information content (AvgIpc) is 2.44. The van der Waals surface area contributed by atoms with Crippen molar-refractivity contribution in [3.8, 4) is 11.6 Å². The molecule has 0 aliphatic carbocycles. The summed E-state index contributed by atoms with van der Waals surface area (Å²) in [5.74, 6) is 1.40. The van der Waals surface area contributed by atoms with E-state index >= 15 is 0 Å². The first-order valence-corrected chi connectivity index (χ1v) is 7.16. The van der Waals surface area contributed by atoms with E-state index in [0.717, 1.165) is 35.3 Å². The van der Waals surface area contributed by atoms with Crippen LogP contribution in [0.25, 0.3) is 0 Å². The van der Waals surface area contributed by atoms with E-state index in [1.165, 1.54) is 0 Å². The molecule has 0 fully saturated rings. The van der Waals surface area contributed by atoms with Crippen molar-refractivity contribution in [3.05, 3.63) is 52.6 Å². The molecule has 0 amide bonds. The van der Waals surface area contributed by atoms with E-state index in [2.05, 4.69) is 33.2 Å². The molecule has 0 unspecified atom stereocenters. The summed E-state index contributed by atoms with van der Waals surface area (Å²) >= 11 is 3.39. The standard InChI is InChI=1S/C15H17BrN2O/c1-2-9-17-10-12-3-8-15(18-11-12)19-14-6-4-13(16)5-7-14/h3-8,11,17H,2,9-10H2,1H3. The van der Waals surface area contributed by atoms with Crippen molar-refractivity contribution in [3.63, 3.8) is 0 Å². The van der Waals surface area contributed by atoms with E-state index in [-0.39, 0.29) is 0 Å². The normalized spacial score (nSPS) is 10.4. The number of nitrogens with one attached hydrogen (secondary N) is 1. The van der Waals surface area contributed by atoms with Crippen LogP contribution in [0.15, 0.2) is 47.1 Å². The summed E-state index contributed by atoms with van der Waals surface area (Å²) < 4.78 is 6.69. The monoisotopic (exact) mass is 320 g/mol. The third kappa shape index (κ3) is 4.65. The molecule has 19 heavy (non-hydrogen) atoms. The van der Waals surface area contributed by atoms with E-state index in [9.17, 15) is 0 Å². The topological polar surface area (TPSA) is 34.1 Å². The Balaban J connectivity index is 1.92. The van der Waals surface area contributed by atoms with Gasteiger partial charge in [0.1, 0.15) is 5.75 Å². The highest BCUT2D eigenvalue weighted by Crippen LogP contribution is 2.21. The molecule has 0 saturated heterocycles. The van der Waals surface area contributed by atoms with Crippen LogP contribution < -0.4 is 10.1 Å². The van der Waals surface area contributed by atoms with Gasteiger partial charge in [0.25, 0.3) is 0 Å². The van der Waals surface area contributed by atoms with Gasteiger partial charge in [-0.2, -0.15) is 0 Å². The van der Waals surface area contributed by atoms with Crippen LogP contribution in [0, 0.1) is 0 Å². The predicted octanol–water partition coefficient (Wildman–Crippen LogP) is 4.14. The van der Waals surface area contributed by atoms with Gasteiger partial charge in [-0.1, -0.05) is 28.9 Å². The second-order valence-electron chi connectivity index (χ2n) is 4.24. The van der Waals surface area contributed by atoms with Crippen molar-refractivity contribution in [1.82, 2.24) is 10.3 Å². The molecule has 0 radical (unpaired) electrons. The Morgan fingerprint density at radius 3 is 2.58 bits per heavy atom. The Labute approximate surface area is 122 Å². The fraction of sp³-hybridized carbons (Fsp3) is 0.267. The van der Waals surface area contributed by atoms with Crippen LogP contribution in [0.3, 0.4) is 0 Å². The van der Waals surface area contributed by atoms with Crippen molar-refractivity contribution >= 4 is 15.9 Å². The molecular formula is C15H17BrN2O. The van der Waals surface area contributed by atoms with E-state index in [1.807, 2.05) is 42.6 Å². The molecule has 100 valence electrons. The summed E-state index contributed by atoms with van der Waals surface area (Å²) in [5, 5.41) is 3.34. The summed E-state index contributed by atoms with van der Waals surface area (Å²) in [7, 11) is 0. The van der Waals surface area contributed by atoms with Crippen LogP contribution in [-0.4, -0.2) is 11.5 Å². The van der Waals surface area contributed by atoms with Gasteiger partial charge in [-0.15, -0.1) is 0 Å². The second-order valence-corrected chi connectivity index (χ2v) is 5.15. The first-order chi connectivity index (χ1) is 9.28. The minimum atomic E-state index is 0.613. The molecule has 1 aromatic heterocycles. The number of aromatic nitrogens is 1. The van der Waals surface area contributed by atoms with Crippen molar-refractivity contribution in [1.29, 1.82) is 0 Å². The first kappa shape index (κ1) is 14.0. The maximum absolute atomic E-state index is 5.66. The minimum Gasteiger partial charge on any atom is -0.439 e. The quantitative estimate of drug-likeness (QED) is 0.812. The average molecular weight is 321 g/mol. The van der Waals surface area contributed by atoms with Crippen LogP contribution in [0.5, 0.6) is 11.6 Å². The molecule has 1 heterocycles. The summed E-state index contributed by atoms with van der Waals surface area (Å²) in [6, 6.07) is 11.6. The van der Waals surface area contributed by atoms with Gasteiger partial charge in [-0.25, -0.2) is 4.98 Å². The lowest BCUT2D eigenvalue weighted by Gasteiger charge is -2.06. The summed E-state index contributed by atoms with van der Waals surface area (Å²) in [6.45, 7) is 4.02. The SMILES string of the molecule is CCCNCc1ccc(Oc2ccc(Br)cc2)nc1. The zero-order valence-electron chi connectivity index (χ0n) is 10.9. The first-order valence-electron chi connectivity index (χ1n) is 6.37. The van der Waals surface area contributed by atoms with Gasteiger partial charge in [0.05, 0.1) is 0 Å². The third-order valence-electron chi connectivity index (χ3n) is 2.59. The van der Waals surface area contributed by atoms with Gasteiger partial charge in [0.2, 0.25) is 5.88 Å². The molecule has 2 aromatic rings. The molecule has 1 aromatic carbocycles. The highest BCUT2D eigenvalue weighted by Gasteiger charge is 1.99. The highest BCUT2D eigenvalue weighted by molar-refractivity contribution is 9.10. The molecule has 0 aliphatic heterocycles. The fourth-order valence-corrected chi connectivity index (χ4v) is 1.87. The summed E-state index contributed by atoms with van der Waals surface area (Å²) in [4.78, 5) is 4.30. The van der Waals surface area contributed by atoms with Gasteiger partial charge in [-0.3, -0.25) is 0 Å². The van der Waals surface area contributed by atoms with Gasteiger partial charge in [0.15, 0.2) is 0 Å². The van der Waals surface area contributed by atoms with Gasteiger partial charge < -0.3 is 10.1 Å². The molecule has 0 spiro atoms. The number of nitrogens with zero attached hydrogens (tertiary/aromatic N) is 1. The molecule has 2 rings (SSSR count). The Bertz CT molecular complexity index is 497. The number of hydrogen-bond donors (Lipinski definition) is 1. The molecule has 0 atom stereocenters.